The van der Waals surface area contributed by atoms with Gasteiger partial charge in [-0.3, -0.25) is 4.79 Å². The second kappa shape index (κ2) is 7.57. The van der Waals surface area contributed by atoms with E-state index >= 15 is 0 Å². The summed E-state index contributed by atoms with van der Waals surface area (Å²) in [7, 11) is 0. The molecule has 1 unspecified atom stereocenters. The van der Waals surface area contributed by atoms with Crippen LogP contribution in [0.4, 0.5) is 0 Å². The Bertz CT molecular complexity index is 671. The van der Waals surface area contributed by atoms with Crippen molar-refractivity contribution in [3.63, 3.8) is 0 Å². The molecule has 1 aromatic carbocycles. The minimum atomic E-state index is -0.250. The quantitative estimate of drug-likeness (QED) is 0.853. The van der Waals surface area contributed by atoms with Crippen LogP contribution in [0.15, 0.2) is 30.6 Å². The van der Waals surface area contributed by atoms with Crippen molar-refractivity contribution in [1.29, 1.82) is 0 Å². The summed E-state index contributed by atoms with van der Waals surface area (Å²) in [6.45, 7) is 9.00. The lowest BCUT2D eigenvalue weighted by atomic mass is 9.88. The van der Waals surface area contributed by atoms with Crippen molar-refractivity contribution in [2.45, 2.75) is 46.7 Å². The number of benzene rings is 1. The van der Waals surface area contributed by atoms with Crippen molar-refractivity contribution in [2.24, 2.45) is 5.41 Å². The molecule has 1 amide bonds. The summed E-state index contributed by atoms with van der Waals surface area (Å²) in [5, 5.41) is 20.4. The maximum Gasteiger partial charge on any atom is 0.251 e. The maximum absolute atomic E-state index is 12.4. The minimum absolute atomic E-state index is 0.0365. The summed E-state index contributed by atoms with van der Waals surface area (Å²) >= 11 is 0. The topological polar surface area (TPSA) is 80.0 Å². The molecular formula is C18H26N4O2. The van der Waals surface area contributed by atoms with Gasteiger partial charge in [-0.2, -0.15) is 0 Å². The summed E-state index contributed by atoms with van der Waals surface area (Å²) in [5.74, 6) is 0.604. The van der Waals surface area contributed by atoms with Crippen LogP contribution in [0.25, 0.3) is 11.4 Å². The summed E-state index contributed by atoms with van der Waals surface area (Å²) in [6.07, 6.45) is 2.40. The zero-order chi connectivity index (χ0) is 17.7. The van der Waals surface area contributed by atoms with Crippen molar-refractivity contribution in [1.82, 2.24) is 20.1 Å². The number of rotatable bonds is 6. The molecule has 0 bridgehead atoms. The number of hydrogen-bond donors (Lipinski definition) is 2. The third-order valence-electron chi connectivity index (χ3n) is 3.78. The molecule has 1 heterocycles. The van der Waals surface area contributed by atoms with Gasteiger partial charge in [-0.05, 0) is 30.9 Å². The van der Waals surface area contributed by atoms with Gasteiger partial charge >= 0.3 is 0 Å². The third-order valence-corrected chi connectivity index (χ3v) is 3.78. The van der Waals surface area contributed by atoms with E-state index in [0.717, 1.165) is 17.9 Å². The first-order chi connectivity index (χ1) is 11.3. The summed E-state index contributed by atoms with van der Waals surface area (Å²) in [6, 6.07) is 7.02. The van der Waals surface area contributed by atoms with Gasteiger partial charge < -0.3 is 15.0 Å². The van der Waals surface area contributed by atoms with E-state index < -0.39 is 0 Å². The third kappa shape index (κ3) is 4.64. The number of aryl methyl sites for hydroxylation is 1. The molecule has 6 heteroatoms. The van der Waals surface area contributed by atoms with Gasteiger partial charge in [0.15, 0.2) is 5.82 Å². The highest BCUT2D eigenvalue weighted by atomic mass is 16.3. The van der Waals surface area contributed by atoms with Crippen LogP contribution in [0.5, 0.6) is 0 Å². The van der Waals surface area contributed by atoms with E-state index in [9.17, 15) is 9.90 Å². The van der Waals surface area contributed by atoms with Gasteiger partial charge in [0.05, 0.1) is 12.6 Å². The number of aromatic nitrogens is 3. The Balaban J connectivity index is 2.08. The lowest BCUT2D eigenvalue weighted by Crippen LogP contribution is -2.40. The molecule has 0 aliphatic heterocycles. The van der Waals surface area contributed by atoms with E-state index in [4.69, 9.17) is 0 Å². The Morgan fingerprint density at radius 1 is 1.29 bits per heavy atom. The smallest absolute Gasteiger partial charge is 0.251 e. The Kier molecular flexibility index (Phi) is 5.72. The molecule has 0 aliphatic carbocycles. The lowest BCUT2D eigenvalue weighted by molar-refractivity contribution is 0.0897. The molecular weight excluding hydrogens is 304 g/mol. The molecule has 1 aromatic heterocycles. The number of carbonyl (C=O) groups excluding carboxylic acids is 1. The molecule has 6 nitrogen and oxygen atoms in total. The van der Waals surface area contributed by atoms with E-state index in [1.807, 2.05) is 23.6 Å². The van der Waals surface area contributed by atoms with E-state index in [-0.39, 0.29) is 24.0 Å². The minimum Gasteiger partial charge on any atom is -0.394 e. The Hall–Kier alpha value is -2.21. The first-order valence-electron chi connectivity index (χ1n) is 8.24. The Labute approximate surface area is 142 Å². The monoisotopic (exact) mass is 330 g/mol. The second-order valence-electron chi connectivity index (χ2n) is 7.14. The van der Waals surface area contributed by atoms with E-state index in [2.05, 4.69) is 36.3 Å². The van der Waals surface area contributed by atoms with E-state index in [1.54, 1.807) is 18.5 Å². The van der Waals surface area contributed by atoms with Crippen LogP contribution in [0.2, 0.25) is 0 Å². The molecule has 0 aliphatic rings. The van der Waals surface area contributed by atoms with Crippen molar-refractivity contribution in [2.75, 3.05) is 6.61 Å². The highest BCUT2D eigenvalue weighted by Gasteiger charge is 2.20. The van der Waals surface area contributed by atoms with Gasteiger partial charge in [0.25, 0.3) is 5.91 Å². The number of carbonyl (C=O) groups is 1. The van der Waals surface area contributed by atoms with Crippen LogP contribution in [0, 0.1) is 5.41 Å². The van der Waals surface area contributed by atoms with Gasteiger partial charge in [0, 0.05) is 17.7 Å². The number of nitrogens with zero attached hydrogens (tertiary/aromatic N) is 3. The predicted octanol–water partition coefficient (Wildman–Crippen LogP) is 2.49. The molecule has 0 spiro atoms. The lowest BCUT2D eigenvalue weighted by Gasteiger charge is -2.25. The fourth-order valence-corrected chi connectivity index (χ4v) is 2.65. The molecule has 130 valence electrons. The average Bonchev–Trinajstić information content (AvgIpc) is 3.01. The largest absolute Gasteiger partial charge is 0.394 e. The van der Waals surface area contributed by atoms with Crippen molar-refractivity contribution >= 4 is 5.91 Å². The van der Waals surface area contributed by atoms with Crippen LogP contribution in [-0.4, -0.2) is 38.4 Å². The highest BCUT2D eigenvalue weighted by molar-refractivity contribution is 5.94. The van der Waals surface area contributed by atoms with Crippen molar-refractivity contribution < 1.29 is 9.90 Å². The van der Waals surface area contributed by atoms with Gasteiger partial charge in [-0.1, -0.05) is 32.9 Å². The van der Waals surface area contributed by atoms with E-state index in [0.29, 0.717) is 12.0 Å². The summed E-state index contributed by atoms with van der Waals surface area (Å²) < 4.78 is 1.94. The first-order valence-corrected chi connectivity index (χ1v) is 8.24. The fraction of sp³-hybridized carbons (Fsp3) is 0.500. The summed E-state index contributed by atoms with van der Waals surface area (Å²) in [4.78, 5) is 12.4. The molecule has 0 saturated carbocycles. The van der Waals surface area contributed by atoms with Gasteiger partial charge in [-0.25, -0.2) is 0 Å². The molecule has 0 fully saturated rings. The van der Waals surface area contributed by atoms with Crippen LogP contribution in [0.3, 0.4) is 0 Å². The number of aliphatic hydroxyl groups is 1. The van der Waals surface area contributed by atoms with Gasteiger partial charge in [-0.15, -0.1) is 10.2 Å². The van der Waals surface area contributed by atoms with Crippen LogP contribution in [-0.2, 0) is 6.54 Å². The molecule has 2 N–H and O–H groups in total. The normalized spacial score (nSPS) is 12.9. The van der Waals surface area contributed by atoms with Crippen LogP contribution in [0.1, 0.15) is 44.5 Å². The fourth-order valence-electron chi connectivity index (χ4n) is 2.65. The maximum atomic E-state index is 12.4. The van der Waals surface area contributed by atoms with Crippen molar-refractivity contribution in [3.8, 4) is 11.4 Å². The average molecular weight is 330 g/mol. The first kappa shape index (κ1) is 18.1. The highest BCUT2D eigenvalue weighted by Crippen LogP contribution is 2.21. The zero-order valence-corrected chi connectivity index (χ0v) is 14.8. The Morgan fingerprint density at radius 3 is 2.50 bits per heavy atom. The molecule has 1 atom stereocenters. The molecule has 2 rings (SSSR count). The zero-order valence-electron chi connectivity index (χ0n) is 14.8. The molecule has 24 heavy (non-hydrogen) atoms. The SMILES string of the molecule is CCn1cnnc1-c1ccc(C(=O)NC(CO)CC(C)(C)C)cc1. The van der Waals surface area contributed by atoms with E-state index in [1.165, 1.54) is 0 Å². The molecule has 2 aromatic rings. The number of nitrogens with one attached hydrogen (secondary N) is 1. The Morgan fingerprint density at radius 2 is 1.96 bits per heavy atom. The van der Waals surface area contributed by atoms with Crippen molar-refractivity contribution in [3.05, 3.63) is 36.2 Å². The predicted molar refractivity (Wildman–Crippen MR) is 93.5 cm³/mol. The number of hydrogen-bond acceptors (Lipinski definition) is 4. The number of aliphatic hydroxyl groups excluding tert-OH is 1. The molecule has 0 radical (unpaired) electrons. The van der Waals surface area contributed by atoms with Gasteiger partial charge in [0.2, 0.25) is 0 Å². The number of amides is 1. The second-order valence-corrected chi connectivity index (χ2v) is 7.14. The van der Waals surface area contributed by atoms with Crippen LogP contribution < -0.4 is 5.32 Å². The van der Waals surface area contributed by atoms with Crippen LogP contribution >= 0.6 is 0 Å². The standard InChI is InChI=1S/C18H26N4O2/c1-5-22-12-19-21-16(22)13-6-8-14(9-7-13)17(24)20-15(11-23)10-18(2,3)4/h6-9,12,15,23H,5,10-11H2,1-4H3,(H,20,24). The molecule has 0 saturated heterocycles. The summed E-state index contributed by atoms with van der Waals surface area (Å²) in [5.41, 5.74) is 1.52. The van der Waals surface area contributed by atoms with Gasteiger partial charge in [0.1, 0.15) is 6.33 Å².